The van der Waals surface area contributed by atoms with Crippen molar-refractivity contribution in [2.75, 3.05) is 50.5 Å². The molecule has 3 aromatic rings. The second-order valence-corrected chi connectivity index (χ2v) is 12.1. The number of carbonyl (C=O) groups is 1. The molecular weight excluding hydrogens is 534 g/mol. The van der Waals surface area contributed by atoms with Crippen LogP contribution in [0.1, 0.15) is 31.2 Å². The topological polar surface area (TPSA) is 98.5 Å². The van der Waals surface area contributed by atoms with Gasteiger partial charge in [-0.3, -0.25) is 4.79 Å². The van der Waals surface area contributed by atoms with Crippen LogP contribution in [0, 0.1) is 11.3 Å². The summed E-state index contributed by atoms with van der Waals surface area (Å²) >= 11 is 1.91. The van der Waals surface area contributed by atoms with E-state index in [9.17, 15) is 10.1 Å². The monoisotopic (exact) mass is 569 g/mol. The first-order chi connectivity index (χ1) is 20.1. The summed E-state index contributed by atoms with van der Waals surface area (Å²) in [6, 6.07) is 13.2. The van der Waals surface area contributed by atoms with Gasteiger partial charge in [-0.2, -0.15) is 15.2 Å². The van der Waals surface area contributed by atoms with E-state index in [2.05, 4.69) is 59.8 Å². The third-order valence-corrected chi connectivity index (χ3v) is 9.59. The van der Waals surface area contributed by atoms with E-state index in [0.717, 1.165) is 60.4 Å². The number of fused-ring (bicyclic) bond motifs is 2. The Morgan fingerprint density at radius 3 is 2.88 bits per heavy atom. The van der Waals surface area contributed by atoms with Crippen molar-refractivity contribution in [1.29, 1.82) is 5.26 Å². The number of thioether (sulfide) groups is 1. The van der Waals surface area contributed by atoms with Crippen LogP contribution in [0.5, 0.6) is 6.01 Å². The summed E-state index contributed by atoms with van der Waals surface area (Å²) in [5.41, 5.74) is 3.99. The molecule has 3 aliphatic rings. The van der Waals surface area contributed by atoms with Gasteiger partial charge in [-0.05, 0) is 74.9 Å². The van der Waals surface area contributed by atoms with Gasteiger partial charge < -0.3 is 19.4 Å². The van der Waals surface area contributed by atoms with Crippen LogP contribution < -0.4 is 9.64 Å². The summed E-state index contributed by atoms with van der Waals surface area (Å²) in [4.78, 5) is 34.8. The standard InChI is InChI=1S/C31H35N7O2S/c1-3-28(39)38-17-16-37(19-21(38)13-14-32)30-25-11-12-26(23-8-4-10-27-24(23)9-6-18-41-27)33-29(25)34-31(35-30)40-20-22-7-5-15-36(22)2/h3-4,8,10-12,21-22H,1,5-7,9,13,15-20H2,2H3/t21-,22-/m0/s1. The lowest BCUT2D eigenvalue weighted by Crippen LogP contribution is -2.55. The molecule has 1 aromatic carbocycles. The molecule has 2 fully saturated rings. The number of hydrogen-bond acceptors (Lipinski definition) is 9. The SMILES string of the molecule is C=CC(=O)N1CCN(c2nc(OC[C@@H]3CCCN3C)nc3nc(-c4cccc5c4CCCS5)ccc23)C[C@@H]1CC#N. The van der Waals surface area contributed by atoms with Crippen LogP contribution in [0.4, 0.5) is 5.82 Å². The highest BCUT2D eigenvalue weighted by Gasteiger charge is 2.31. The number of amides is 1. The maximum atomic E-state index is 12.5. The number of nitrogens with zero attached hydrogens (tertiary/aromatic N) is 7. The van der Waals surface area contributed by atoms with Crippen molar-refractivity contribution in [3.8, 4) is 23.3 Å². The summed E-state index contributed by atoms with van der Waals surface area (Å²) in [6.45, 7) is 6.76. The Bertz CT molecular complexity index is 1510. The average molecular weight is 570 g/mol. The van der Waals surface area contributed by atoms with Crippen molar-refractivity contribution in [1.82, 2.24) is 24.8 Å². The van der Waals surface area contributed by atoms with Crippen LogP contribution in [-0.4, -0.2) is 88.3 Å². The van der Waals surface area contributed by atoms with Gasteiger partial charge in [0, 0.05) is 36.1 Å². The number of hydrogen-bond donors (Lipinski definition) is 0. The summed E-state index contributed by atoms with van der Waals surface area (Å²) in [5.74, 6) is 1.72. The lowest BCUT2D eigenvalue weighted by atomic mass is 9.99. The summed E-state index contributed by atoms with van der Waals surface area (Å²) in [6.07, 6.45) is 6.00. The number of piperazine rings is 1. The molecule has 6 rings (SSSR count). The maximum Gasteiger partial charge on any atom is 0.320 e. The van der Waals surface area contributed by atoms with Gasteiger partial charge in [0.15, 0.2) is 5.65 Å². The molecule has 9 nitrogen and oxygen atoms in total. The lowest BCUT2D eigenvalue weighted by molar-refractivity contribution is -0.128. The Balaban J connectivity index is 1.38. The minimum Gasteiger partial charge on any atom is -0.462 e. The normalized spacial score (nSPS) is 21.0. The van der Waals surface area contributed by atoms with E-state index < -0.39 is 0 Å². The zero-order valence-corrected chi connectivity index (χ0v) is 24.3. The number of pyridine rings is 1. The van der Waals surface area contributed by atoms with Crippen LogP contribution in [0.25, 0.3) is 22.3 Å². The molecule has 3 aliphatic heterocycles. The Labute approximate surface area is 245 Å². The van der Waals surface area contributed by atoms with Gasteiger partial charge in [-0.1, -0.05) is 18.7 Å². The van der Waals surface area contributed by atoms with Gasteiger partial charge in [-0.15, -0.1) is 11.8 Å². The number of nitriles is 1. The zero-order valence-electron chi connectivity index (χ0n) is 23.5. The maximum absolute atomic E-state index is 12.5. The molecule has 10 heteroatoms. The van der Waals surface area contributed by atoms with E-state index in [1.165, 1.54) is 16.5 Å². The quantitative estimate of drug-likeness (QED) is 0.385. The fourth-order valence-electron chi connectivity index (χ4n) is 6.16. The van der Waals surface area contributed by atoms with Crippen molar-refractivity contribution in [2.24, 2.45) is 0 Å². The number of benzene rings is 1. The Hall–Kier alpha value is -3.68. The fraction of sp³-hybridized carbons (Fsp3) is 0.452. The number of likely N-dealkylation sites (tertiary alicyclic amines) is 1. The van der Waals surface area contributed by atoms with Gasteiger partial charge >= 0.3 is 6.01 Å². The van der Waals surface area contributed by atoms with E-state index in [1.807, 2.05) is 11.8 Å². The minimum atomic E-state index is -0.263. The third kappa shape index (κ3) is 5.61. The highest BCUT2D eigenvalue weighted by atomic mass is 32.2. The summed E-state index contributed by atoms with van der Waals surface area (Å²) < 4.78 is 6.22. The molecule has 1 amide bonds. The molecule has 0 spiro atoms. The van der Waals surface area contributed by atoms with E-state index in [4.69, 9.17) is 19.7 Å². The van der Waals surface area contributed by atoms with E-state index >= 15 is 0 Å². The molecule has 0 unspecified atom stereocenters. The molecule has 41 heavy (non-hydrogen) atoms. The fourth-order valence-corrected chi connectivity index (χ4v) is 7.23. The van der Waals surface area contributed by atoms with Crippen LogP contribution in [0.15, 0.2) is 47.9 Å². The third-order valence-electron chi connectivity index (χ3n) is 8.40. The zero-order chi connectivity index (χ0) is 28.3. The Kier molecular flexibility index (Phi) is 8.08. The number of aromatic nitrogens is 3. The number of anilines is 1. The molecule has 0 bridgehead atoms. The van der Waals surface area contributed by atoms with Crippen LogP contribution in [-0.2, 0) is 11.2 Å². The van der Waals surface area contributed by atoms with Gasteiger partial charge in [0.1, 0.15) is 12.4 Å². The highest BCUT2D eigenvalue weighted by molar-refractivity contribution is 7.99. The van der Waals surface area contributed by atoms with Crippen LogP contribution >= 0.6 is 11.8 Å². The number of ether oxygens (including phenoxy) is 1. The Morgan fingerprint density at radius 2 is 2.07 bits per heavy atom. The molecule has 0 N–H and O–H groups in total. The number of carbonyl (C=O) groups excluding carboxylic acids is 1. The van der Waals surface area contributed by atoms with E-state index in [-0.39, 0.29) is 18.4 Å². The van der Waals surface area contributed by atoms with Crippen molar-refractivity contribution in [3.05, 3.63) is 48.6 Å². The first-order valence-corrected chi connectivity index (χ1v) is 15.4. The highest BCUT2D eigenvalue weighted by Crippen LogP contribution is 2.37. The molecule has 5 heterocycles. The van der Waals surface area contributed by atoms with Gasteiger partial charge in [0.25, 0.3) is 0 Å². The van der Waals surface area contributed by atoms with Gasteiger partial charge in [-0.25, -0.2) is 4.98 Å². The predicted octanol–water partition coefficient (Wildman–Crippen LogP) is 4.32. The molecule has 2 atom stereocenters. The number of rotatable bonds is 7. The largest absolute Gasteiger partial charge is 0.462 e. The van der Waals surface area contributed by atoms with Gasteiger partial charge in [0.05, 0.1) is 29.6 Å². The average Bonchev–Trinajstić information content (AvgIpc) is 3.43. The summed E-state index contributed by atoms with van der Waals surface area (Å²) in [7, 11) is 2.12. The van der Waals surface area contributed by atoms with Crippen molar-refractivity contribution < 1.29 is 9.53 Å². The minimum absolute atomic E-state index is 0.155. The van der Waals surface area contributed by atoms with E-state index in [0.29, 0.717) is 43.9 Å². The van der Waals surface area contributed by atoms with Crippen molar-refractivity contribution in [3.63, 3.8) is 0 Å². The van der Waals surface area contributed by atoms with Gasteiger partial charge in [0.2, 0.25) is 5.91 Å². The molecule has 2 saturated heterocycles. The molecule has 0 saturated carbocycles. The predicted molar refractivity (Wildman–Crippen MR) is 161 cm³/mol. The van der Waals surface area contributed by atoms with E-state index in [1.54, 1.807) is 4.90 Å². The van der Waals surface area contributed by atoms with Crippen LogP contribution in [0.3, 0.4) is 0 Å². The first-order valence-electron chi connectivity index (χ1n) is 14.4. The second kappa shape index (κ2) is 12.0. The lowest BCUT2D eigenvalue weighted by Gasteiger charge is -2.41. The smallest absolute Gasteiger partial charge is 0.320 e. The second-order valence-electron chi connectivity index (χ2n) is 10.9. The molecule has 2 aromatic heterocycles. The summed E-state index contributed by atoms with van der Waals surface area (Å²) in [5, 5.41) is 10.3. The van der Waals surface area contributed by atoms with Crippen molar-refractivity contribution in [2.45, 2.75) is 49.1 Å². The Morgan fingerprint density at radius 1 is 1.17 bits per heavy atom. The molecule has 0 aliphatic carbocycles. The van der Waals surface area contributed by atoms with Crippen molar-refractivity contribution >= 4 is 34.5 Å². The molecule has 212 valence electrons. The molecular formula is C31H35N7O2S. The molecule has 0 radical (unpaired) electrons. The van der Waals surface area contributed by atoms with Crippen LogP contribution in [0.2, 0.25) is 0 Å². The number of likely N-dealkylation sites (N-methyl/N-ethyl adjacent to an activating group) is 1. The first kappa shape index (κ1) is 27.5.